The van der Waals surface area contributed by atoms with Crippen LogP contribution in [0.2, 0.25) is 15.1 Å². The molecule has 19 heavy (non-hydrogen) atoms. The quantitative estimate of drug-likeness (QED) is 0.680. The fourth-order valence-electron chi connectivity index (χ4n) is 1.72. The van der Waals surface area contributed by atoms with Gasteiger partial charge in [-0.3, -0.25) is 0 Å². The van der Waals surface area contributed by atoms with Crippen LogP contribution in [0.25, 0.3) is 0 Å². The van der Waals surface area contributed by atoms with Crippen LogP contribution in [0.3, 0.4) is 0 Å². The lowest BCUT2D eigenvalue weighted by molar-refractivity contribution is 0.0526. The fraction of sp³-hybridized carbons (Fsp3) is 0.200. The minimum Gasteiger partial charge on any atom is -0.369 e. The lowest BCUT2D eigenvalue weighted by Crippen LogP contribution is -2.01. The largest absolute Gasteiger partial charge is 0.369 e. The molecule has 0 saturated heterocycles. The highest BCUT2D eigenvalue weighted by atomic mass is 35.5. The molecule has 0 spiro atoms. The lowest BCUT2D eigenvalue weighted by atomic mass is 10.1. The maximum Gasteiger partial charge on any atom is 0.0815 e. The molecular weight excluding hydrogens is 303 g/mol. The Bertz CT molecular complexity index is 552. The Labute approximate surface area is 128 Å². The molecule has 0 radical (unpaired) electrons. The second kappa shape index (κ2) is 6.62. The highest BCUT2D eigenvalue weighted by Crippen LogP contribution is 2.28. The van der Waals surface area contributed by atoms with Crippen molar-refractivity contribution in [3.8, 4) is 0 Å². The molecule has 0 N–H and O–H groups in total. The van der Waals surface area contributed by atoms with Gasteiger partial charge in [-0.15, -0.1) is 0 Å². The molecule has 1 atom stereocenters. The number of rotatable bonds is 4. The summed E-state index contributed by atoms with van der Waals surface area (Å²) in [7, 11) is 0. The third-order valence-electron chi connectivity index (χ3n) is 2.81. The number of benzene rings is 2. The highest BCUT2D eigenvalue weighted by Gasteiger charge is 2.10. The van der Waals surface area contributed by atoms with Crippen molar-refractivity contribution in [3.05, 3.63) is 68.7 Å². The number of halogens is 3. The van der Waals surface area contributed by atoms with E-state index in [1.165, 1.54) is 0 Å². The Hall–Kier alpha value is -0.730. The molecular formula is C15H13Cl3O. The smallest absolute Gasteiger partial charge is 0.0815 e. The molecule has 0 heterocycles. The van der Waals surface area contributed by atoms with Gasteiger partial charge in [0.2, 0.25) is 0 Å². The van der Waals surface area contributed by atoms with E-state index < -0.39 is 0 Å². The second-order valence-corrected chi connectivity index (χ2v) is 5.53. The molecule has 2 rings (SSSR count). The topological polar surface area (TPSA) is 9.23 Å². The van der Waals surface area contributed by atoms with E-state index in [9.17, 15) is 0 Å². The second-order valence-electron chi connectivity index (χ2n) is 4.25. The first-order valence-corrected chi connectivity index (χ1v) is 7.00. The van der Waals surface area contributed by atoms with Gasteiger partial charge in [-0.25, -0.2) is 0 Å². The van der Waals surface area contributed by atoms with Crippen LogP contribution in [0.5, 0.6) is 0 Å². The predicted octanol–water partition coefficient (Wildman–Crippen LogP) is 5.92. The number of hydrogen-bond acceptors (Lipinski definition) is 1. The zero-order valence-corrected chi connectivity index (χ0v) is 12.6. The average Bonchev–Trinajstić information content (AvgIpc) is 2.37. The van der Waals surface area contributed by atoms with Crippen molar-refractivity contribution in [2.45, 2.75) is 19.6 Å². The summed E-state index contributed by atoms with van der Waals surface area (Å²) in [5, 5.41) is 1.97. The van der Waals surface area contributed by atoms with Gasteiger partial charge < -0.3 is 4.74 Å². The van der Waals surface area contributed by atoms with Crippen LogP contribution in [0.4, 0.5) is 0 Å². The van der Waals surface area contributed by atoms with Gasteiger partial charge in [0.25, 0.3) is 0 Å². The minimum atomic E-state index is -0.0968. The molecule has 0 aliphatic rings. The van der Waals surface area contributed by atoms with Crippen molar-refractivity contribution in [2.75, 3.05) is 0 Å². The van der Waals surface area contributed by atoms with E-state index in [1.54, 1.807) is 6.07 Å². The van der Waals surface area contributed by atoms with Gasteiger partial charge in [-0.2, -0.15) is 0 Å². The van der Waals surface area contributed by atoms with Crippen molar-refractivity contribution in [1.29, 1.82) is 0 Å². The maximum absolute atomic E-state index is 6.15. The van der Waals surface area contributed by atoms with Gasteiger partial charge in [0, 0.05) is 15.1 Å². The van der Waals surface area contributed by atoms with Crippen LogP contribution in [0, 0.1) is 0 Å². The highest BCUT2D eigenvalue weighted by molar-refractivity contribution is 6.35. The normalized spacial score (nSPS) is 12.4. The van der Waals surface area contributed by atoms with Crippen LogP contribution >= 0.6 is 34.8 Å². The SMILES string of the molecule is CC(OCc1ccc(Cl)cc1)c1ccc(Cl)cc1Cl. The van der Waals surface area contributed by atoms with Crippen LogP contribution in [-0.4, -0.2) is 0 Å². The summed E-state index contributed by atoms with van der Waals surface area (Å²) in [4.78, 5) is 0. The standard InChI is InChI=1S/C15H13Cl3O/c1-10(14-7-6-13(17)8-15(14)18)19-9-11-2-4-12(16)5-3-11/h2-8,10H,9H2,1H3. The van der Waals surface area contributed by atoms with Crippen molar-refractivity contribution in [1.82, 2.24) is 0 Å². The Balaban J connectivity index is 2.01. The van der Waals surface area contributed by atoms with E-state index in [2.05, 4.69) is 0 Å². The first kappa shape index (κ1) is 14.7. The monoisotopic (exact) mass is 314 g/mol. The van der Waals surface area contributed by atoms with Crippen molar-refractivity contribution < 1.29 is 4.74 Å². The summed E-state index contributed by atoms with van der Waals surface area (Å²) in [6.45, 7) is 2.47. The number of ether oxygens (including phenoxy) is 1. The van der Waals surface area contributed by atoms with Crippen molar-refractivity contribution >= 4 is 34.8 Å². The molecule has 2 aromatic carbocycles. The van der Waals surface area contributed by atoms with Gasteiger partial charge in [-0.1, -0.05) is 53.0 Å². The van der Waals surface area contributed by atoms with Gasteiger partial charge in [-0.05, 0) is 42.3 Å². The summed E-state index contributed by atoms with van der Waals surface area (Å²) in [5.41, 5.74) is 2.00. The van der Waals surface area contributed by atoms with E-state index in [0.29, 0.717) is 16.7 Å². The van der Waals surface area contributed by atoms with Crippen molar-refractivity contribution in [2.24, 2.45) is 0 Å². The van der Waals surface area contributed by atoms with Crippen LogP contribution in [-0.2, 0) is 11.3 Å². The molecule has 0 bridgehead atoms. The Morgan fingerprint density at radius 2 is 1.58 bits per heavy atom. The molecule has 4 heteroatoms. The van der Waals surface area contributed by atoms with E-state index in [0.717, 1.165) is 16.1 Å². The molecule has 1 nitrogen and oxygen atoms in total. The van der Waals surface area contributed by atoms with E-state index in [4.69, 9.17) is 39.5 Å². The summed E-state index contributed by atoms with van der Waals surface area (Å²) in [6.07, 6.45) is -0.0968. The molecule has 1 unspecified atom stereocenters. The third kappa shape index (κ3) is 4.12. The molecule has 2 aromatic rings. The summed E-state index contributed by atoms with van der Waals surface area (Å²) in [5.74, 6) is 0. The molecule has 0 saturated carbocycles. The van der Waals surface area contributed by atoms with Gasteiger partial charge in [0.1, 0.15) is 0 Å². The molecule has 0 aromatic heterocycles. The van der Waals surface area contributed by atoms with Gasteiger partial charge in [0.15, 0.2) is 0 Å². The third-order valence-corrected chi connectivity index (χ3v) is 3.63. The zero-order valence-electron chi connectivity index (χ0n) is 10.4. The van der Waals surface area contributed by atoms with Crippen molar-refractivity contribution in [3.63, 3.8) is 0 Å². The minimum absolute atomic E-state index is 0.0968. The first-order chi connectivity index (χ1) is 9.06. The Morgan fingerprint density at radius 3 is 2.21 bits per heavy atom. The van der Waals surface area contributed by atoms with E-state index in [1.807, 2.05) is 43.3 Å². The van der Waals surface area contributed by atoms with Gasteiger partial charge in [0.05, 0.1) is 12.7 Å². The number of hydrogen-bond donors (Lipinski definition) is 0. The van der Waals surface area contributed by atoms with Crippen LogP contribution in [0.15, 0.2) is 42.5 Å². The van der Waals surface area contributed by atoms with Crippen LogP contribution < -0.4 is 0 Å². The fourth-order valence-corrected chi connectivity index (χ4v) is 2.41. The maximum atomic E-state index is 6.15. The average molecular weight is 316 g/mol. The zero-order chi connectivity index (χ0) is 13.8. The first-order valence-electron chi connectivity index (χ1n) is 5.87. The molecule has 0 amide bonds. The lowest BCUT2D eigenvalue weighted by Gasteiger charge is -2.15. The summed E-state index contributed by atoms with van der Waals surface area (Å²) < 4.78 is 5.80. The molecule has 0 aliphatic carbocycles. The van der Waals surface area contributed by atoms with Gasteiger partial charge >= 0.3 is 0 Å². The molecule has 0 aliphatic heterocycles. The summed E-state index contributed by atoms with van der Waals surface area (Å²) >= 11 is 17.9. The Morgan fingerprint density at radius 1 is 0.947 bits per heavy atom. The van der Waals surface area contributed by atoms with E-state index >= 15 is 0 Å². The molecule has 0 fully saturated rings. The molecule has 100 valence electrons. The predicted molar refractivity (Wildman–Crippen MR) is 81.1 cm³/mol. The van der Waals surface area contributed by atoms with Crippen LogP contribution in [0.1, 0.15) is 24.2 Å². The van der Waals surface area contributed by atoms with E-state index in [-0.39, 0.29) is 6.10 Å². The summed E-state index contributed by atoms with van der Waals surface area (Å²) in [6, 6.07) is 13.0. The Kier molecular flexibility index (Phi) is 5.12.